The number of benzene rings is 3. The molecule has 4 N–H and O–H groups in total. The van der Waals surface area contributed by atoms with Crippen molar-refractivity contribution >= 4 is 35.3 Å². The van der Waals surface area contributed by atoms with Gasteiger partial charge < -0.3 is 11.1 Å². The van der Waals surface area contributed by atoms with Gasteiger partial charge in [0.15, 0.2) is 0 Å². The van der Waals surface area contributed by atoms with Crippen LogP contribution in [0.3, 0.4) is 0 Å². The lowest BCUT2D eigenvalue weighted by Gasteiger charge is -2.20. The number of urea groups is 2. The van der Waals surface area contributed by atoms with E-state index in [1.54, 1.807) is 5.32 Å². The van der Waals surface area contributed by atoms with E-state index in [0.29, 0.717) is 6.07 Å². The minimum atomic E-state index is -5.11. The van der Waals surface area contributed by atoms with Gasteiger partial charge in [-0.25, -0.2) is 27.7 Å². The van der Waals surface area contributed by atoms with Gasteiger partial charge in [-0.1, -0.05) is 6.07 Å². The molecule has 0 atom stereocenters. The van der Waals surface area contributed by atoms with Gasteiger partial charge in [0.1, 0.15) is 23.0 Å². The molecule has 37 heavy (non-hydrogen) atoms. The number of rotatable bonds is 4. The standard InChI is InChI=1S/C23H14F6N4O4/c24-15-9-8-13(10-14(15)23(27,28)29)33(21(30)36)20(35)11-4-6-12(7-5-11)31-22(37)32-19(34)18-16(25)2-1-3-17(18)26/h1-10H,(H2,30,36)(H2,31,32,34,37). The minimum Gasteiger partial charge on any atom is -0.351 e. The van der Waals surface area contributed by atoms with Gasteiger partial charge in [0, 0.05) is 11.3 Å². The Labute approximate surface area is 203 Å². The van der Waals surface area contributed by atoms with Crippen molar-refractivity contribution in [2.45, 2.75) is 6.18 Å². The summed E-state index contributed by atoms with van der Waals surface area (Å²) in [6.07, 6.45) is -5.11. The number of carbonyl (C=O) groups excluding carboxylic acids is 4. The van der Waals surface area contributed by atoms with Crippen LogP contribution in [0.2, 0.25) is 0 Å². The Hall–Kier alpha value is -4.88. The summed E-state index contributed by atoms with van der Waals surface area (Å²) in [5.74, 6) is -6.56. The zero-order valence-electron chi connectivity index (χ0n) is 18.2. The van der Waals surface area contributed by atoms with Gasteiger partial charge in [-0.05, 0) is 54.6 Å². The average molecular weight is 524 g/mol. The van der Waals surface area contributed by atoms with Crippen molar-refractivity contribution in [1.82, 2.24) is 5.32 Å². The van der Waals surface area contributed by atoms with Crippen molar-refractivity contribution in [2.75, 3.05) is 10.2 Å². The fourth-order valence-electron chi connectivity index (χ4n) is 3.08. The molecule has 3 rings (SSSR count). The van der Waals surface area contributed by atoms with E-state index in [2.05, 4.69) is 5.32 Å². The summed E-state index contributed by atoms with van der Waals surface area (Å²) >= 11 is 0. The van der Waals surface area contributed by atoms with Crippen molar-refractivity contribution in [2.24, 2.45) is 5.73 Å². The van der Waals surface area contributed by atoms with E-state index in [1.807, 2.05) is 0 Å². The van der Waals surface area contributed by atoms with Crippen molar-refractivity contribution in [3.8, 4) is 0 Å². The number of carbonyl (C=O) groups is 4. The number of nitrogens with two attached hydrogens (primary N) is 1. The number of amides is 6. The lowest BCUT2D eigenvalue weighted by atomic mass is 10.1. The van der Waals surface area contributed by atoms with Crippen LogP contribution >= 0.6 is 0 Å². The molecule has 0 aliphatic carbocycles. The normalized spacial score (nSPS) is 11.0. The van der Waals surface area contributed by atoms with Gasteiger partial charge in [-0.15, -0.1) is 0 Å². The van der Waals surface area contributed by atoms with Gasteiger partial charge in [-0.3, -0.25) is 14.9 Å². The monoisotopic (exact) mass is 524 g/mol. The molecule has 3 aromatic carbocycles. The molecule has 0 saturated carbocycles. The van der Waals surface area contributed by atoms with Gasteiger partial charge in [-0.2, -0.15) is 13.2 Å². The third-order valence-corrected chi connectivity index (χ3v) is 4.74. The molecule has 6 amide bonds. The zero-order chi connectivity index (χ0) is 27.5. The molecule has 3 aromatic rings. The third-order valence-electron chi connectivity index (χ3n) is 4.74. The Morgan fingerprint density at radius 2 is 1.41 bits per heavy atom. The van der Waals surface area contributed by atoms with Crippen LogP contribution in [0.5, 0.6) is 0 Å². The van der Waals surface area contributed by atoms with E-state index >= 15 is 0 Å². The van der Waals surface area contributed by atoms with Crippen molar-refractivity contribution in [1.29, 1.82) is 0 Å². The van der Waals surface area contributed by atoms with Gasteiger partial charge in [0.05, 0.1) is 11.3 Å². The van der Waals surface area contributed by atoms with Gasteiger partial charge in [0.2, 0.25) is 0 Å². The highest BCUT2D eigenvalue weighted by molar-refractivity contribution is 6.20. The molecule has 0 fully saturated rings. The van der Waals surface area contributed by atoms with Crippen molar-refractivity contribution < 1.29 is 45.5 Å². The van der Waals surface area contributed by atoms with Crippen LogP contribution in [0.4, 0.5) is 47.3 Å². The summed E-state index contributed by atoms with van der Waals surface area (Å²) in [7, 11) is 0. The maximum atomic E-state index is 13.7. The molecule has 0 saturated heterocycles. The Morgan fingerprint density at radius 1 is 0.811 bits per heavy atom. The lowest BCUT2D eigenvalue weighted by molar-refractivity contribution is -0.139. The highest BCUT2D eigenvalue weighted by Crippen LogP contribution is 2.34. The van der Waals surface area contributed by atoms with E-state index in [0.717, 1.165) is 48.5 Å². The minimum absolute atomic E-state index is 0.0254. The predicted molar refractivity (Wildman–Crippen MR) is 117 cm³/mol. The van der Waals surface area contributed by atoms with Crippen molar-refractivity contribution in [3.05, 3.63) is 94.8 Å². The second-order valence-electron chi connectivity index (χ2n) is 7.22. The molecule has 14 heteroatoms. The maximum absolute atomic E-state index is 13.7. The summed E-state index contributed by atoms with van der Waals surface area (Å²) < 4.78 is 80.0. The Kier molecular flexibility index (Phi) is 7.51. The van der Waals surface area contributed by atoms with Crippen LogP contribution in [0.1, 0.15) is 26.3 Å². The summed E-state index contributed by atoms with van der Waals surface area (Å²) in [4.78, 5) is 48.8. The first-order chi connectivity index (χ1) is 17.3. The van der Waals surface area contributed by atoms with Crippen LogP contribution in [0.15, 0.2) is 60.7 Å². The largest absolute Gasteiger partial charge is 0.419 e. The van der Waals surface area contributed by atoms with Crippen LogP contribution in [-0.2, 0) is 6.18 Å². The number of halogens is 6. The number of hydrogen-bond donors (Lipinski definition) is 3. The topological polar surface area (TPSA) is 122 Å². The molecule has 0 bridgehead atoms. The molecular weight excluding hydrogens is 510 g/mol. The second-order valence-corrected chi connectivity index (χ2v) is 7.22. The van der Waals surface area contributed by atoms with Gasteiger partial charge >= 0.3 is 18.2 Å². The summed E-state index contributed by atoms with van der Waals surface area (Å²) in [5.41, 5.74) is 1.50. The highest BCUT2D eigenvalue weighted by atomic mass is 19.4. The number of nitrogens with one attached hydrogen (secondary N) is 2. The molecule has 0 radical (unpaired) electrons. The lowest BCUT2D eigenvalue weighted by Crippen LogP contribution is -2.41. The summed E-state index contributed by atoms with van der Waals surface area (Å²) in [6.45, 7) is 0. The molecule has 0 unspecified atom stereocenters. The van der Waals surface area contributed by atoms with Crippen LogP contribution in [0, 0.1) is 17.5 Å². The van der Waals surface area contributed by atoms with Crippen LogP contribution in [0.25, 0.3) is 0 Å². The van der Waals surface area contributed by atoms with E-state index in [4.69, 9.17) is 5.73 Å². The third kappa shape index (κ3) is 6.04. The fraction of sp³-hybridized carbons (Fsp3) is 0.0435. The maximum Gasteiger partial charge on any atom is 0.419 e. The summed E-state index contributed by atoms with van der Waals surface area (Å²) in [6, 6.07) is 5.78. The number of anilines is 2. The van der Waals surface area contributed by atoms with E-state index in [-0.39, 0.29) is 22.2 Å². The smallest absolute Gasteiger partial charge is 0.351 e. The first kappa shape index (κ1) is 26.7. The van der Waals surface area contributed by atoms with Crippen molar-refractivity contribution in [3.63, 3.8) is 0 Å². The Bertz CT molecular complexity index is 1370. The number of alkyl halides is 3. The molecule has 0 heterocycles. The van der Waals surface area contributed by atoms with Crippen LogP contribution in [-0.4, -0.2) is 23.9 Å². The number of hydrogen-bond acceptors (Lipinski definition) is 4. The number of primary amides is 1. The molecule has 0 spiro atoms. The molecule has 0 aromatic heterocycles. The van der Waals surface area contributed by atoms with Gasteiger partial charge in [0.25, 0.3) is 11.8 Å². The SMILES string of the molecule is NC(=O)N(C(=O)c1ccc(NC(=O)NC(=O)c2c(F)cccc2F)cc1)c1ccc(F)c(C(F)(F)F)c1. The molecule has 0 aliphatic heterocycles. The molecular formula is C23H14F6N4O4. The second kappa shape index (κ2) is 10.4. The zero-order valence-corrected chi connectivity index (χ0v) is 18.2. The first-order valence-corrected chi connectivity index (χ1v) is 9.96. The number of nitrogens with zero attached hydrogens (tertiary/aromatic N) is 1. The Morgan fingerprint density at radius 3 is 1.95 bits per heavy atom. The number of imide groups is 2. The molecule has 192 valence electrons. The first-order valence-electron chi connectivity index (χ1n) is 9.96. The highest BCUT2D eigenvalue weighted by Gasteiger charge is 2.35. The summed E-state index contributed by atoms with van der Waals surface area (Å²) in [5, 5.41) is 3.88. The molecule has 8 nitrogen and oxygen atoms in total. The molecule has 0 aliphatic rings. The van der Waals surface area contributed by atoms with E-state index < -0.39 is 64.3 Å². The van der Waals surface area contributed by atoms with E-state index in [1.165, 1.54) is 0 Å². The fourth-order valence-corrected chi connectivity index (χ4v) is 3.08. The quantitative estimate of drug-likeness (QED) is 0.424. The van der Waals surface area contributed by atoms with Crippen LogP contribution < -0.4 is 21.3 Å². The average Bonchev–Trinajstić information content (AvgIpc) is 2.79. The Balaban J connectivity index is 1.76. The predicted octanol–water partition coefficient (Wildman–Crippen LogP) is 4.81. The van der Waals surface area contributed by atoms with E-state index in [9.17, 15) is 45.5 Å².